The minimum Gasteiger partial charge on any atom is -0.332 e. The van der Waals surface area contributed by atoms with Crippen LogP contribution in [0, 0.1) is 0 Å². The number of thiazole rings is 1. The Bertz CT molecular complexity index is 752. The predicted octanol–water partition coefficient (Wildman–Crippen LogP) is 4.39. The van der Waals surface area contributed by atoms with Crippen LogP contribution in [0.1, 0.15) is 5.56 Å². The van der Waals surface area contributed by atoms with Crippen LogP contribution in [0.3, 0.4) is 0 Å². The minimum atomic E-state index is -4.32. The van der Waals surface area contributed by atoms with Gasteiger partial charge in [-0.05, 0) is 24.3 Å². The highest BCUT2D eigenvalue weighted by atomic mass is 32.1. The van der Waals surface area contributed by atoms with Gasteiger partial charge in [0.1, 0.15) is 0 Å². The second-order valence-corrected chi connectivity index (χ2v) is 5.38. The van der Waals surface area contributed by atoms with E-state index < -0.39 is 11.7 Å². The molecule has 0 aliphatic rings. The van der Waals surface area contributed by atoms with E-state index in [1.807, 2.05) is 17.5 Å². The zero-order chi connectivity index (χ0) is 15.6. The largest absolute Gasteiger partial charge is 0.416 e. The van der Waals surface area contributed by atoms with Crippen molar-refractivity contribution in [3.63, 3.8) is 0 Å². The summed E-state index contributed by atoms with van der Waals surface area (Å²) in [6.07, 6.45) is -0.716. The molecule has 0 fully saturated rings. The number of hydrogen-bond acceptors (Lipinski definition) is 3. The quantitative estimate of drug-likeness (QED) is 0.777. The van der Waals surface area contributed by atoms with Crippen molar-refractivity contribution in [2.24, 2.45) is 0 Å². The first kappa shape index (κ1) is 14.5. The number of halogens is 3. The van der Waals surface area contributed by atoms with Gasteiger partial charge in [-0.25, -0.2) is 9.97 Å². The van der Waals surface area contributed by atoms with E-state index in [4.69, 9.17) is 0 Å². The van der Waals surface area contributed by atoms with Crippen molar-refractivity contribution in [1.82, 2.24) is 4.98 Å². The molecule has 0 bridgehead atoms. The molecule has 1 aromatic carbocycles. The lowest BCUT2D eigenvalue weighted by Crippen LogP contribution is -2.04. The summed E-state index contributed by atoms with van der Waals surface area (Å²) >= 11 is 1.39. The number of aromatic amines is 1. The number of rotatable bonds is 3. The molecule has 2 aromatic heterocycles. The molecule has 0 spiro atoms. The summed E-state index contributed by atoms with van der Waals surface area (Å²) in [6, 6.07) is 8.67. The van der Waals surface area contributed by atoms with Gasteiger partial charge in [0.25, 0.3) is 0 Å². The number of aromatic nitrogens is 2. The zero-order valence-electron chi connectivity index (χ0n) is 11.2. The van der Waals surface area contributed by atoms with Gasteiger partial charge < -0.3 is 5.32 Å². The van der Waals surface area contributed by atoms with Crippen LogP contribution in [0.15, 0.2) is 54.2 Å². The summed E-state index contributed by atoms with van der Waals surface area (Å²) in [7, 11) is 0. The maximum atomic E-state index is 12.5. The summed E-state index contributed by atoms with van der Waals surface area (Å²) in [5.74, 6) is 0. The van der Waals surface area contributed by atoms with Gasteiger partial charge in [-0.1, -0.05) is 0 Å². The first-order valence-electron chi connectivity index (χ1n) is 6.39. The van der Waals surface area contributed by atoms with E-state index >= 15 is 0 Å². The number of nitrogens with one attached hydrogen (secondary N) is 2. The highest BCUT2D eigenvalue weighted by Gasteiger charge is 2.29. The van der Waals surface area contributed by atoms with Crippen molar-refractivity contribution in [3.05, 3.63) is 59.7 Å². The Morgan fingerprint density at radius 1 is 1.00 bits per heavy atom. The molecular formula is C15H11F3N3S+. The van der Waals surface area contributed by atoms with E-state index in [0.717, 1.165) is 23.4 Å². The number of nitrogens with zero attached hydrogens (tertiary/aromatic N) is 1. The normalized spacial score (nSPS) is 11.4. The van der Waals surface area contributed by atoms with Crippen LogP contribution in [0.2, 0.25) is 0 Å². The van der Waals surface area contributed by atoms with E-state index in [0.29, 0.717) is 10.8 Å². The lowest BCUT2D eigenvalue weighted by atomic mass is 10.2. The van der Waals surface area contributed by atoms with Crippen LogP contribution in [-0.2, 0) is 6.18 Å². The van der Waals surface area contributed by atoms with Crippen LogP contribution in [-0.4, -0.2) is 4.98 Å². The zero-order valence-corrected chi connectivity index (χ0v) is 12.0. The Balaban J connectivity index is 1.76. The van der Waals surface area contributed by atoms with Gasteiger partial charge in [0.05, 0.1) is 11.3 Å². The molecule has 22 heavy (non-hydrogen) atoms. The molecule has 0 unspecified atom stereocenters. The van der Waals surface area contributed by atoms with Crippen LogP contribution >= 0.6 is 11.3 Å². The summed E-state index contributed by atoms with van der Waals surface area (Å²) in [4.78, 5) is 7.35. The van der Waals surface area contributed by atoms with E-state index in [-0.39, 0.29) is 0 Å². The van der Waals surface area contributed by atoms with Crippen molar-refractivity contribution in [2.45, 2.75) is 6.18 Å². The Hall–Kier alpha value is -2.41. The monoisotopic (exact) mass is 322 g/mol. The third-order valence-corrected chi connectivity index (χ3v) is 3.74. The molecule has 112 valence electrons. The van der Waals surface area contributed by atoms with Gasteiger partial charge >= 0.3 is 6.18 Å². The van der Waals surface area contributed by atoms with Crippen LogP contribution in [0.25, 0.3) is 11.3 Å². The van der Waals surface area contributed by atoms with Crippen LogP contribution in [0.5, 0.6) is 0 Å². The Morgan fingerprint density at radius 3 is 2.32 bits per heavy atom. The van der Waals surface area contributed by atoms with Crippen molar-refractivity contribution < 1.29 is 18.2 Å². The molecule has 3 aromatic rings. The SMILES string of the molecule is FC(F)(F)c1ccc(Nc2nc(-c3cc[nH+]cc3)cs2)cc1. The average Bonchev–Trinajstić information content (AvgIpc) is 2.96. The Morgan fingerprint density at radius 2 is 1.68 bits per heavy atom. The van der Waals surface area contributed by atoms with Crippen molar-refractivity contribution in [2.75, 3.05) is 5.32 Å². The van der Waals surface area contributed by atoms with Crippen molar-refractivity contribution in [3.8, 4) is 11.3 Å². The second-order valence-electron chi connectivity index (χ2n) is 4.53. The number of pyridine rings is 1. The number of H-pyrrole nitrogens is 1. The van der Waals surface area contributed by atoms with Gasteiger partial charge in [-0.2, -0.15) is 13.2 Å². The number of benzene rings is 1. The van der Waals surface area contributed by atoms with E-state index in [1.165, 1.54) is 23.5 Å². The van der Waals surface area contributed by atoms with E-state index in [1.54, 1.807) is 12.4 Å². The smallest absolute Gasteiger partial charge is 0.332 e. The summed E-state index contributed by atoms with van der Waals surface area (Å²) in [6.45, 7) is 0. The maximum Gasteiger partial charge on any atom is 0.416 e. The van der Waals surface area contributed by atoms with Crippen molar-refractivity contribution >= 4 is 22.2 Å². The summed E-state index contributed by atoms with van der Waals surface area (Å²) in [5.41, 5.74) is 1.68. The lowest BCUT2D eigenvalue weighted by Gasteiger charge is -2.07. The standard InChI is InChI=1S/C15H10F3N3S/c16-15(17,18)11-1-3-12(4-2-11)20-14-21-13(9-22-14)10-5-7-19-8-6-10/h1-9H,(H,20,21)/p+1. The molecule has 0 saturated carbocycles. The van der Waals surface area contributed by atoms with E-state index in [9.17, 15) is 13.2 Å². The molecule has 7 heteroatoms. The van der Waals surface area contributed by atoms with Gasteiger partial charge in [0.15, 0.2) is 17.5 Å². The molecule has 0 atom stereocenters. The summed E-state index contributed by atoms with van der Waals surface area (Å²) < 4.78 is 37.5. The van der Waals surface area contributed by atoms with E-state index in [2.05, 4.69) is 15.3 Å². The molecule has 0 radical (unpaired) electrons. The number of alkyl halides is 3. The third kappa shape index (κ3) is 3.25. The maximum absolute atomic E-state index is 12.5. The highest BCUT2D eigenvalue weighted by Crippen LogP contribution is 2.31. The average molecular weight is 322 g/mol. The molecule has 0 amide bonds. The topological polar surface area (TPSA) is 39.1 Å². The lowest BCUT2D eigenvalue weighted by molar-refractivity contribution is -0.377. The molecule has 3 nitrogen and oxygen atoms in total. The fourth-order valence-electron chi connectivity index (χ4n) is 1.89. The number of anilines is 2. The number of hydrogen-bond donors (Lipinski definition) is 1. The molecular weight excluding hydrogens is 311 g/mol. The first-order valence-corrected chi connectivity index (χ1v) is 7.27. The molecule has 0 saturated heterocycles. The summed E-state index contributed by atoms with van der Waals surface area (Å²) in [5, 5.41) is 5.52. The second kappa shape index (κ2) is 5.76. The van der Waals surface area contributed by atoms with Gasteiger partial charge in [0, 0.05) is 28.8 Å². The van der Waals surface area contributed by atoms with Gasteiger partial charge in [-0.3, -0.25) is 0 Å². The highest BCUT2D eigenvalue weighted by molar-refractivity contribution is 7.14. The minimum absolute atomic E-state index is 0.565. The fraction of sp³-hybridized carbons (Fsp3) is 0.0667. The van der Waals surface area contributed by atoms with Crippen LogP contribution in [0.4, 0.5) is 24.0 Å². The van der Waals surface area contributed by atoms with Gasteiger partial charge in [-0.15, -0.1) is 11.3 Å². The third-order valence-electron chi connectivity index (χ3n) is 2.98. The fourth-order valence-corrected chi connectivity index (χ4v) is 2.63. The Labute approximate surface area is 128 Å². The molecule has 0 aliphatic carbocycles. The van der Waals surface area contributed by atoms with Crippen LogP contribution < -0.4 is 10.3 Å². The molecule has 2 N–H and O–H groups in total. The predicted molar refractivity (Wildman–Crippen MR) is 78.8 cm³/mol. The van der Waals surface area contributed by atoms with Gasteiger partial charge in [0.2, 0.25) is 0 Å². The van der Waals surface area contributed by atoms with Crippen molar-refractivity contribution in [1.29, 1.82) is 0 Å². The molecule has 0 aliphatic heterocycles. The molecule has 2 heterocycles. The molecule has 3 rings (SSSR count). The first-order chi connectivity index (χ1) is 10.5. The Kier molecular flexibility index (Phi) is 3.81.